The normalized spacial score (nSPS) is 17.7. The average molecular weight is 418 g/mol. The van der Waals surface area contributed by atoms with Gasteiger partial charge < -0.3 is 18.8 Å². The zero-order valence-corrected chi connectivity index (χ0v) is 17.3. The molecule has 1 aliphatic heterocycles. The number of fused-ring (bicyclic) bond motifs is 3. The van der Waals surface area contributed by atoms with Crippen molar-refractivity contribution in [1.82, 2.24) is 4.57 Å². The number of Topliss-reactive ketones (excluding diaryl/α,β-unsaturated/α-hetero) is 1. The summed E-state index contributed by atoms with van der Waals surface area (Å²) in [7, 11) is 1.65. The number of pyridine rings is 1. The maximum Gasteiger partial charge on any atom is 0.192 e. The lowest BCUT2D eigenvalue weighted by Gasteiger charge is -2.21. The molecule has 1 fully saturated rings. The Morgan fingerprint density at radius 3 is 2.76 bits per heavy atom. The zero-order valence-electron chi connectivity index (χ0n) is 16.6. The molecule has 0 unspecified atom stereocenters. The molecule has 0 N–H and O–H groups in total. The molecule has 2 aliphatic rings. The molecule has 0 amide bonds. The van der Waals surface area contributed by atoms with Crippen molar-refractivity contribution in [1.29, 1.82) is 0 Å². The number of carbonyl (C=O) groups is 1. The molecule has 0 radical (unpaired) electrons. The Kier molecular flexibility index (Phi) is 5.65. The third-order valence-electron chi connectivity index (χ3n) is 5.45. The van der Waals surface area contributed by atoms with Gasteiger partial charge in [0.05, 0.1) is 28.9 Å². The highest BCUT2D eigenvalue weighted by Crippen LogP contribution is 2.46. The van der Waals surface area contributed by atoms with Crippen LogP contribution in [0.4, 0.5) is 0 Å². The van der Waals surface area contributed by atoms with Gasteiger partial charge in [0, 0.05) is 44.0 Å². The summed E-state index contributed by atoms with van der Waals surface area (Å²) in [5.74, 6) is 1.41. The molecule has 2 aromatic rings. The summed E-state index contributed by atoms with van der Waals surface area (Å²) < 4.78 is 19.0. The first-order valence-electron chi connectivity index (χ1n) is 9.85. The van der Waals surface area contributed by atoms with Crippen molar-refractivity contribution >= 4 is 17.4 Å². The van der Waals surface area contributed by atoms with Gasteiger partial charge >= 0.3 is 0 Å². The molecule has 6 nitrogen and oxygen atoms in total. The second-order valence-corrected chi connectivity index (χ2v) is 8.00. The second-order valence-electron chi connectivity index (χ2n) is 7.59. The minimum absolute atomic E-state index is 0.0703. The minimum atomic E-state index is -0.290. The van der Waals surface area contributed by atoms with E-state index in [9.17, 15) is 9.59 Å². The number of carbonyl (C=O) groups excluding carboxylic acids is 1. The molecule has 2 heterocycles. The number of halogens is 1. The van der Waals surface area contributed by atoms with Crippen LogP contribution in [0.5, 0.6) is 11.5 Å². The van der Waals surface area contributed by atoms with Crippen LogP contribution < -0.4 is 14.9 Å². The lowest BCUT2D eigenvalue weighted by Crippen LogP contribution is -2.23. The molecular formula is C22H24ClNO5. The topological polar surface area (TPSA) is 66.8 Å². The molecule has 4 rings (SSSR count). The van der Waals surface area contributed by atoms with E-state index in [1.165, 1.54) is 13.0 Å². The van der Waals surface area contributed by atoms with Gasteiger partial charge in [0.1, 0.15) is 18.1 Å². The highest BCUT2D eigenvalue weighted by atomic mass is 35.5. The summed E-state index contributed by atoms with van der Waals surface area (Å²) in [5, 5.41) is 0.448. The van der Waals surface area contributed by atoms with Crippen LogP contribution in [-0.2, 0) is 4.74 Å². The molecule has 1 aromatic carbocycles. The first-order chi connectivity index (χ1) is 14.0. The van der Waals surface area contributed by atoms with Crippen LogP contribution in [0.3, 0.4) is 0 Å². The summed E-state index contributed by atoms with van der Waals surface area (Å²) in [6, 6.07) is 5.15. The highest BCUT2D eigenvalue weighted by Gasteiger charge is 2.36. The van der Waals surface area contributed by atoms with E-state index in [1.54, 1.807) is 25.4 Å². The second kappa shape index (κ2) is 8.20. The highest BCUT2D eigenvalue weighted by molar-refractivity contribution is 6.32. The first kappa shape index (κ1) is 20.0. The molecule has 1 saturated carbocycles. The molecule has 0 spiro atoms. The number of hydrogen-bond donors (Lipinski definition) is 0. The molecule has 1 aliphatic carbocycles. The lowest BCUT2D eigenvalue weighted by atomic mass is 10.0. The fourth-order valence-corrected chi connectivity index (χ4v) is 3.97. The molecular weight excluding hydrogens is 394 g/mol. The largest absolute Gasteiger partial charge is 0.492 e. The van der Waals surface area contributed by atoms with Crippen LogP contribution in [-0.4, -0.2) is 37.3 Å². The summed E-state index contributed by atoms with van der Waals surface area (Å²) in [6.45, 7) is 2.97. The Hall–Kier alpha value is -2.31. The van der Waals surface area contributed by atoms with Crippen molar-refractivity contribution in [2.24, 2.45) is 5.92 Å². The van der Waals surface area contributed by atoms with Gasteiger partial charge in [-0.15, -0.1) is 0 Å². The maximum absolute atomic E-state index is 12.6. The number of hydrogen-bond acceptors (Lipinski definition) is 5. The zero-order chi connectivity index (χ0) is 20.5. The number of methoxy groups -OCH3 is 1. The van der Waals surface area contributed by atoms with E-state index in [0.29, 0.717) is 42.3 Å². The predicted octanol–water partition coefficient (Wildman–Crippen LogP) is 4.13. The number of rotatable bonds is 7. The van der Waals surface area contributed by atoms with E-state index in [-0.39, 0.29) is 22.8 Å². The van der Waals surface area contributed by atoms with E-state index < -0.39 is 0 Å². The monoisotopic (exact) mass is 417 g/mol. The molecule has 1 aromatic heterocycles. The summed E-state index contributed by atoms with van der Waals surface area (Å²) in [6.07, 6.45) is 4.66. The van der Waals surface area contributed by atoms with Gasteiger partial charge in [0.2, 0.25) is 0 Å². The van der Waals surface area contributed by atoms with Gasteiger partial charge in [-0.25, -0.2) is 0 Å². The Bertz CT molecular complexity index is 995. The van der Waals surface area contributed by atoms with Crippen LogP contribution in [0.25, 0.3) is 11.3 Å². The lowest BCUT2D eigenvalue weighted by molar-refractivity contribution is 0.101. The molecule has 154 valence electrons. The van der Waals surface area contributed by atoms with Crippen molar-refractivity contribution in [2.45, 2.75) is 32.2 Å². The fourth-order valence-electron chi connectivity index (χ4n) is 3.75. The fraction of sp³-hybridized carbons (Fsp3) is 0.455. The van der Waals surface area contributed by atoms with Crippen LogP contribution in [0.2, 0.25) is 5.02 Å². The quantitative estimate of drug-likeness (QED) is 0.500. The Morgan fingerprint density at radius 1 is 1.28 bits per heavy atom. The third kappa shape index (κ3) is 4.05. The summed E-state index contributed by atoms with van der Waals surface area (Å²) in [5.41, 5.74) is 1.36. The van der Waals surface area contributed by atoms with Crippen molar-refractivity contribution in [3.05, 3.63) is 45.2 Å². The maximum atomic E-state index is 12.6. The summed E-state index contributed by atoms with van der Waals surface area (Å²) in [4.78, 5) is 24.5. The van der Waals surface area contributed by atoms with Crippen LogP contribution in [0, 0.1) is 5.92 Å². The van der Waals surface area contributed by atoms with E-state index in [0.717, 1.165) is 30.5 Å². The van der Waals surface area contributed by atoms with Crippen molar-refractivity contribution in [2.75, 3.05) is 26.9 Å². The number of nitrogens with zero attached hydrogens (tertiary/aromatic N) is 1. The predicted molar refractivity (Wildman–Crippen MR) is 110 cm³/mol. The van der Waals surface area contributed by atoms with Gasteiger partial charge in [-0.1, -0.05) is 11.6 Å². The van der Waals surface area contributed by atoms with Crippen LogP contribution >= 0.6 is 11.6 Å². The molecule has 29 heavy (non-hydrogen) atoms. The van der Waals surface area contributed by atoms with Crippen molar-refractivity contribution < 1.29 is 19.0 Å². The van der Waals surface area contributed by atoms with Crippen LogP contribution in [0.1, 0.15) is 42.6 Å². The third-order valence-corrected chi connectivity index (χ3v) is 5.75. The average Bonchev–Trinajstić information content (AvgIpc) is 3.52. The SMILES string of the molecule is COCCCOc1cc2c(cc1Cl)-c1cc(=O)c(C(C)=O)cn1[C@H](C1CC1)CO2. The molecule has 0 bridgehead atoms. The number of aromatic nitrogens is 1. The Labute approximate surface area is 174 Å². The Balaban J connectivity index is 1.77. The van der Waals surface area contributed by atoms with E-state index >= 15 is 0 Å². The van der Waals surface area contributed by atoms with Gasteiger partial charge in [-0.3, -0.25) is 9.59 Å². The van der Waals surface area contributed by atoms with Gasteiger partial charge in [0.15, 0.2) is 11.2 Å². The summed E-state index contributed by atoms with van der Waals surface area (Å²) >= 11 is 6.47. The van der Waals surface area contributed by atoms with E-state index in [1.807, 2.05) is 4.57 Å². The smallest absolute Gasteiger partial charge is 0.192 e. The van der Waals surface area contributed by atoms with Crippen LogP contribution in [0.15, 0.2) is 29.2 Å². The van der Waals surface area contributed by atoms with Crippen molar-refractivity contribution in [3.8, 4) is 22.8 Å². The van der Waals surface area contributed by atoms with Gasteiger partial charge in [-0.05, 0) is 31.7 Å². The van der Waals surface area contributed by atoms with Crippen molar-refractivity contribution in [3.63, 3.8) is 0 Å². The molecule has 7 heteroatoms. The Morgan fingerprint density at radius 2 is 2.07 bits per heavy atom. The number of ketones is 1. The van der Waals surface area contributed by atoms with E-state index in [2.05, 4.69) is 0 Å². The van der Waals surface area contributed by atoms with Gasteiger partial charge in [-0.2, -0.15) is 0 Å². The standard InChI is InChI=1S/C22H24ClNO5/c1-13(25)16-11-24-18(9-20(16)26)15-8-17(23)22(28-7-3-6-27-2)10-21(15)29-12-19(24)14-4-5-14/h8-11,14,19H,3-7,12H2,1-2H3/t19-/m0/s1. The minimum Gasteiger partial charge on any atom is -0.492 e. The first-order valence-corrected chi connectivity index (χ1v) is 10.2. The van der Waals surface area contributed by atoms with E-state index in [4.69, 9.17) is 25.8 Å². The molecule has 1 atom stereocenters. The number of ether oxygens (including phenoxy) is 3. The van der Waals surface area contributed by atoms with Gasteiger partial charge in [0.25, 0.3) is 0 Å². The number of benzene rings is 1. The molecule has 0 saturated heterocycles.